The predicted octanol–water partition coefficient (Wildman–Crippen LogP) is 9.64. The quantitative estimate of drug-likeness (QED) is 0.203. The van der Waals surface area contributed by atoms with Crippen LogP contribution in [0.4, 0.5) is 0 Å². The van der Waals surface area contributed by atoms with Crippen molar-refractivity contribution in [1.82, 2.24) is 5.32 Å². The zero-order valence-corrected chi connectivity index (χ0v) is 23.9. The second-order valence-corrected chi connectivity index (χ2v) is 12.0. The number of hydrogen-bond donors (Lipinski definition) is 2. The first-order chi connectivity index (χ1) is 18.2. The van der Waals surface area contributed by atoms with Crippen molar-refractivity contribution in [2.24, 2.45) is 29.6 Å². The summed E-state index contributed by atoms with van der Waals surface area (Å²) in [6, 6.07) is 0. The Kier molecular flexibility index (Phi) is 10.7. The normalized spacial score (nSPS) is 27.8. The van der Waals surface area contributed by atoms with Gasteiger partial charge in [-0.3, -0.25) is 0 Å². The molecule has 202 valence electrons. The summed E-state index contributed by atoms with van der Waals surface area (Å²) in [5.41, 5.74) is 8.07. The summed E-state index contributed by atoms with van der Waals surface area (Å²) in [4.78, 5) is 0. The van der Waals surface area contributed by atoms with Crippen molar-refractivity contribution in [1.29, 1.82) is 5.41 Å². The van der Waals surface area contributed by atoms with Crippen LogP contribution in [0.25, 0.3) is 0 Å². The highest BCUT2D eigenvalue weighted by molar-refractivity contribution is 5.57. The Morgan fingerprint density at radius 3 is 2.62 bits per heavy atom. The van der Waals surface area contributed by atoms with Gasteiger partial charge < -0.3 is 10.7 Å². The second-order valence-electron chi connectivity index (χ2n) is 12.0. The van der Waals surface area contributed by atoms with Crippen LogP contribution in [0.5, 0.6) is 0 Å². The van der Waals surface area contributed by atoms with Crippen molar-refractivity contribution in [2.75, 3.05) is 6.54 Å². The fourth-order valence-electron chi connectivity index (χ4n) is 7.44. The van der Waals surface area contributed by atoms with Crippen molar-refractivity contribution >= 4 is 6.21 Å². The molecule has 4 rings (SSSR count). The van der Waals surface area contributed by atoms with Gasteiger partial charge in [0.2, 0.25) is 0 Å². The molecule has 5 atom stereocenters. The number of allylic oxidation sites excluding steroid dienone is 12. The molecule has 2 heteroatoms. The molecule has 0 saturated carbocycles. The van der Waals surface area contributed by atoms with Crippen molar-refractivity contribution in [3.05, 3.63) is 70.5 Å². The molecular weight excluding hydrogens is 448 g/mol. The molecule has 4 aliphatic rings. The topological polar surface area (TPSA) is 35.9 Å². The molecule has 2 nitrogen and oxygen atoms in total. The van der Waals surface area contributed by atoms with Crippen LogP contribution in [0.15, 0.2) is 70.5 Å². The van der Waals surface area contributed by atoms with Crippen LogP contribution in [0.2, 0.25) is 0 Å². The zero-order chi connectivity index (χ0) is 26.0. The first-order valence-electron chi connectivity index (χ1n) is 15.5. The highest BCUT2D eigenvalue weighted by Gasteiger charge is 2.34. The van der Waals surface area contributed by atoms with Crippen LogP contribution in [-0.2, 0) is 0 Å². The average molecular weight is 501 g/mol. The van der Waals surface area contributed by atoms with E-state index in [1.807, 2.05) is 0 Å². The molecule has 0 spiro atoms. The van der Waals surface area contributed by atoms with Gasteiger partial charge in [0.1, 0.15) is 0 Å². The van der Waals surface area contributed by atoms with Gasteiger partial charge in [-0.05, 0) is 131 Å². The third-order valence-corrected chi connectivity index (χ3v) is 9.67. The molecule has 0 heterocycles. The van der Waals surface area contributed by atoms with E-state index in [2.05, 4.69) is 68.6 Å². The summed E-state index contributed by atoms with van der Waals surface area (Å²) in [6.07, 6.45) is 34.5. The van der Waals surface area contributed by atoms with E-state index in [0.717, 1.165) is 44.6 Å². The van der Waals surface area contributed by atoms with E-state index in [0.29, 0.717) is 23.7 Å². The van der Waals surface area contributed by atoms with Crippen molar-refractivity contribution in [2.45, 2.75) is 104 Å². The molecule has 0 aromatic carbocycles. The summed E-state index contributed by atoms with van der Waals surface area (Å²) >= 11 is 0. The maximum Gasteiger partial charge on any atom is 0.0181 e. The Hall–Kier alpha value is -2.09. The molecule has 0 saturated heterocycles. The molecule has 4 aliphatic carbocycles. The van der Waals surface area contributed by atoms with Crippen LogP contribution >= 0.6 is 0 Å². The van der Waals surface area contributed by atoms with E-state index in [1.54, 1.807) is 22.9 Å². The smallest absolute Gasteiger partial charge is 0.0181 e. The monoisotopic (exact) mass is 500 g/mol. The van der Waals surface area contributed by atoms with Gasteiger partial charge in [0.15, 0.2) is 0 Å². The Bertz CT molecular complexity index is 956. The van der Waals surface area contributed by atoms with Gasteiger partial charge in [-0.15, -0.1) is 0 Å². The molecule has 0 aromatic heterocycles. The Morgan fingerprint density at radius 1 is 1.03 bits per heavy atom. The fraction of sp³-hybridized carbons (Fsp3) is 0.629. The largest absolute Gasteiger partial charge is 0.388 e. The SMILES string of the molecule is CCCC1=C(NCC(C/C=C(\C)C2CCC(C3CC=CCC3)=C3C=CCCC32)C(C=N)CC)CCC=C1. The second kappa shape index (κ2) is 14.2. The van der Waals surface area contributed by atoms with Crippen LogP contribution in [0.1, 0.15) is 104 Å². The van der Waals surface area contributed by atoms with Gasteiger partial charge in [0, 0.05) is 12.2 Å². The van der Waals surface area contributed by atoms with E-state index in [1.165, 1.54) is 62.6 Å². The third kappa shape index (κ3) is 7.06. The van der Waals surface area contributed by atoms with Crippen LogP contribution in [-0.4, -0.2) is 12.8 Å². The van der Waals surface area contributed by atoms with Crippen LogP contribution in [0, 0.1) is 35.0 Å². The minimum absolute atomic E-state index is 0.344. The Morgan fingerprint density at radius 2 is 1.86 bits per heavy atom. The maximum absolute atomic E-state index is 8.13. The van der Waals surface area contributed by atoms with E-state index in [-0.39, 0.29) is 0 Å². The standard InChI is InChI=1S/C35H52N2/c1-4-13-29-16-9-12-19-35(29)37-25-30(27(5-2)24-36)21-20-26(3)31-22-23-32(28-14-7-6-8-15-28)34-18-11-10-17-33(31)34/h6-7,9,11,16,18,20,24,27-28,30-31,33,36-37H,4-5,8,10,12-15,17,19,21-23,25H2,1-3H3/b26-20+,36-24?. The molecule has 0 bridgehead atoms. The fourth-order valence-corrected chi connectivity index (χ4v) is 7.44. The first kappa shape index (κ1) is 27.9. The Balaban J connectivity index is 1.47. The average Bonchev–Trinajstić information content (AvgIpc) is 2.95. The van der Waals surface area contributed by atoms with Gasteiger partial charge in [-0.2, -0.15) is 0 Å². The lowest BCUT2D eigenvalue weighted by molar-refractivity contribution is 0.338. The van der Waals surface area contributed by atoms with Crippen LogP contribution < -0.4 is 5.32 Å². The molecule has 0 aliphatic heterocycles. The summed E-state index contributed by atoms with van der Waals surface area (Å²) in [6.45, 7) is 7.92. The number of rotatable bonds is 12. The molecule has 37 heavy (non-hydrogen) atoms. The van der Waals surface area contributed by atoms with Gasteiger partial charge in [-0.1, -0.05) is 73.9 Å². The molecule has 0 radical (unpaired) electrons. The summed E-state index contributed by atoms with van der Waals surface area (Å²) in [7, 11) is 0. The molecule has 0 amide bonds. The zero-order valence-electron chi connectivity index (χ0n) is 23.9. The summed E-state index contributed by atoms with van der Waals surface area (Å²) in [5.74, 6) is 3.02. The van der Waals surface area contributed by atoms with Crippen molar-refractivity contribution in [3.8, 4) is 0 Å². The lowest BCUT2D eigenvalue weighted by Crippen LogP contribution is -2.30. The lowest BCUT2D eigenvalue weighted by Gasteiger charge is -2.40. The van der Waals surface area contributed by atoms with Gasteiger partial charge >= 0.3 is 0 Å². The summed E-state index contributed by atoms with van der Waals surface area (Å²) < 4.78 is 0. The molecule has 0 fully saturated rings. The van der Waals surface area contributed by atoms with Gasteiger partial charge in [0.25, 0.3) is 0 Å². The highest BCUT2D eigenvalue weighted by atomic mass is 14.9. The Labute approximate surface area is 227 Å². The number of fused-ring (bicyclic) bond motifs is 1. The van der Waals surface area contributed by atoms with E-state index in [9.17, 15) is 0 Å². The predicted molar refractivity (Wildman–Crippen MR) is 161 cm³/mol. The molecular formula is C35H52N2. The highest BCUT2D eigenvalue weighted by Crippen LogP contribution is 2.47. The van der Waals surface area contributed by atoms with Gasteiger partial charge in [-0.25, -0.2) is 0 Å². The number of hydrogen-bond acceptors (Lipinski definition) is 2. The molecule has 2 N–H and O–H groups in total. The lowest BCUT2D eigenvalue weighted by atomic mass is 9.65. The summed E-state index contributed by atoms with van der Waals surface area (Å²) in [5, 5.41) is 12.0. The minimum Gasteiger partial charge on any atom is -0.388 e. The minimum atomic E-state index is 0.344. The van der Waals surface area contributed by atoms with Crippen molar-refractivity contribution < 1.29 is 0 Å². The van der Waals surface area contributed by atoms with Crippen LogP contribution in [0.3, 0.4) is 0 Å². The van der Waals surface area contributed by atoms with Crippen molar-refractivity contribution in [3.63, 3.8) is 0 Å². The molecule has 0 aromatic rings. The van der Waals surface area contributed by atoms with E-state index in [4.69, 9.17) is 5.41 Å². The third-order valence-electron chi connectivity index (χ3n) is 9.67. The molecule has 5 unspecified atom stereocenters. The van der Waals surface area contributed by atoms with E-state index < -0.39 is 0 Å². The maximum atomic E-state index is 8.13. The van der Waals surface area contributed by atoms with Gasteiger partial charge in [0.05, 0.1) is 0 Å². The van der Waals surface area contributed by atoms with E-state index >= 15 is 0 Å². The number of nitrogens with one attached hydrogen (secondary N) is 2. The first-order valence-corrected chi connectivity index (χ1v) is 15.5.